The third kappa shape index (κ3) is 3.43. The maximum Gasteiger partial charge on any atom is 0.0710 e. The van der Waals surface area contributed by atoms with Crippen molar-refractivity contribution in [2.24, 2.45) is 0 Å². The second kappa shape index (κ2) is 4.72. The molecule has 2 heterocycles. The minimum atomic E-state index is 0.119. The highest BCUT2D eigenvalue weighted by atomic mass is 79.9. The van der Waals surface area contributed by atoms with Gasteiger partial charge in [-0.05, 0) is 46.1 Å². The van der Waals surface area contributed by atoms with Crippen molar-refractivity contribution in [2.45, 2.75) is 56.1 Å². The molecule has 2 aliphatic rings. The smallest absolute Gasteiger partial charge is 0.0710 e. The highest BCUT2D eigenvalue weighted by Crippen LogP contribution is 2.30. The summed E-state index contributed by atoms with van der Waals surface area (Å²) in [5.41, 5.74) is 0.119. The van der Waals surface area contributed by atoms with E-state index in [1.165, 1.54) is 38.8 Å². The van der Waals surface area contributed by atoms with Crippen LogP contribution in [0.2, 0.25) is 0 Å². The van der Waals surface area contributed by atoms with Crippen LogP contribution < -0.4 is 0 Å². The lowest BCUT2D eigenvalue weighted by atomic mass is 10.0. The standard InChI is InChI=1S/C12H22BrNO/c1-12(2)6-5-11(15-12)9-14-7-3-4-10(13)8-14/h10-11H,3-9H2,1-2H3. The van der Waals surface area contributed by atoms with E-state index in [4.69, 9.17) is 4.74 Å². The van der Waals surface area contributed by atoms with Gasteiger partial charge in [0.1, 0.15) is 0 Å². The van der Waals surface area contributed by atoms with E-state index in [0.717, 1.165) is 6.54 Å². The van der Waals surface area contributed by atoms with E-state index in [1.54, 1.807) is 0 Å². The molecule has 2 rings (SSSR count). The SMILES string of the molecule is CC1(C)CCC(CN2CCCC(Br)C2)O1. The van der Waals surface area contributed by atoms with Crippen LogP contribution in [0.5, 0.6) is 0 Å². The maximum atomic E-state index is 6.03. The van der Waals surface area contributed by atoms with Crippen molar-refractivity contribution >= 4 is 15.9 Å². The first-order valence-electron chi connectivity index (χ1n) is 6.09. The minimum Gasteiger partial charge on any atom is -0.371 e. The minimum absolute atomic E-state index is 0.119. The Morgan fingerprint density at radius 1 is 1.40 bits per heavy atom. The molecule has 0 saturated carbocycles. The van der Waals surface area contributed by atoms with Crippen molar-refractivity contribution in [2.75, 3.05) is 19.6 Å². The van der Waals surface area contributed by atoms with Crippen LogP contribution >= 0.6 is 15.9 Å². The van der Waals surface area contributed by atoms with Gasteiger partial charge in [0.05, 0.1) is 11.7 Å². The molecule has 0 aliphatic carbocycles. The van der Waals surface area contributed by atoms with Gasteiger partial charge < -0.3 is 4.74 Å². The molecule has 0 radical (unpaired) electrons. The van der Waals surface area contributed by atoms with Crippen molar-refractivity contribution in [3.63, 3.8) is 0 Å². The van der Waals surface area contributed by atoms with Gasteiger partial charge in [-0.3, -0.25) is 4.90 Å². The molecule has 2 nitrogen and oxygen atoms in total. The topological polar surface area (TPSA) is 12.5 Å². The average molecular weight is 276 g/mol. The zero-order chi connectivity index (χ0) is 10.9. The van der Waals surface area contributed by atoms with E-state index in [0.29, 0.717) is 10.9 Å². The van der Waals surface area contributed by atoms with Crippen molar-refractivity contribution < 1.29 is 4.74 Å². The summed E-state index contributed by atoms with van der Waals surface area (Å²) in [6, 6.07) is 0. The van der Waals surface area contributed by atoms with Crippen LogP contribution in [0.1, 0.15) is 39.5 Å². The first-order valence-corrected chi connectivity index (χ1v) is 7.01. The van der Waals surface area contributed by atoms with Crippen molar-refractivity contribution in [3.05, 3.63) is 0 Å². The number of hydrogen-bond donors (Lipinski definition) is 0. The van der Waals surface area contributed by atoms with Gasteiger partial charge in [0.15, 0.2) is 0 Å². The fourth-order valence-electron chi connectivity index (χ4n) is 2.66. The van der Waals surface area contributed by atoms with Crippen molar-refractivity contribution in [3.8, 4) is 0 Å². The highest BCUT2D eigenvalue weighted by Gasteiger charge is 2.33. The average Bonchev–Trinajstić information content (AvgIpc) is 2.45. The van der Waals surface area contributed by atoms with E-state index in [1.807, 2.05) is 0 Å². The predicted octanol–water partition coefficient (Wildman–Crippen LogP) is 2.80. The molecule has 2 unspecified atom stereocenters. The molecule has 0 bridgehead atoms. The molecule has 15 heavy (non-hydrogen) atoms. The summed E-state index contributed by atoms with van der Waals surface area (Å²) in [7, 11) is 0. The molecule has 0 aromatic rings. The van der Waals surface area contributed by atoms with Crippen LogP contribution in [0.3, 0.4) is 0 Å². The number of halogens is 1. The largest absolute Gasteiger partial charge is 0.371 e. The van der Waals surface area contributed by atoms with Crippen LogP contribution in [0, 0.1) is 0 Å². The molecule has 2 aliphatic heterocycles. The molecule has 2 atom stereocenters. The summed E-state index contributed by atoms with van der Waals surface area (Å²) in [6.07, 6.45) is 5.57. The van der Waals surface area contributed by atoms with Gasteiger partial charge in [0, 0.05) is 17.9 Å². The van der Waals surface area contributed by atoms with Crippen LogP contribution in [0.25, 0.3) is 0 Å². The summed E-state index contributed by atoms with van der Waals surface area (Å²) in [6.45, 7) is 7.99. The predicted molar refractivity (Wildman–Crippen MR) is 66.6 cm³/mol. The first kappa shape index (κ1) is 11.9. The van der Waals surface area contributed by atoms with Crippen molar-refractivity contribution in [1.82, 2.24) is 4.90 Å². The monoisotopic (exact) mass is 275 g/mol. The second-order valence-electron chi connectivity index (χ2n) is 5.54. The molecule has 0 amide bonds. The zero-order valence-electron chi connectivity index (χ0n) is 9.84. The van der Waals surface area contributed by atoms with Gasteiger partial charge in [-0.2, -0.15) is 0 Å². The van der Waals surface area contributed by atoms with Gasteiger partial charge in [-0.15, -0.1) is 0 Å². The molecule has 0 aromatic heterocycles. The molecule has 0 spiro atoms. The molecule has 2 saturated heterocycles. The van der Waals surface area contributed by atoms with Crippen LogP contribution in [0.4, 0.5) is 0 Å². The van der Waals surface area contributed by atoms with E-state index in [2.05, 4.69) is 34.7 Å². The Hall–Kier alpha value is 0.400. The van der Waals surface area contributed by atoms with Gasteiger partial charge in [-0.1, -0.05) is 15.9 Å². The number of rotatable bonds is 2. The van der Waals surface area contributed by atoms with Crippen LogP contribution in [-0.4, -0.2) is 41.1 Å². The van der Waals surface area contributed by atoms with E-state index in [-0.39, 0.29) is 5.60 Å². The third-order valence-corrected chi connectivity index (χ3v) is 4.21. The summed E-state index contributed by atoms with van der Waals surface area (Å²) >= 11 is 3.72. The maximum absolute atomic E-state index is 6.03. The summed E-state index contributed by atoms with van der Waals surface area (Å²) in [5, 5.41) is 0. The Balaban J connectivity index is 1.77. The molecule has 3 heteroatoms. The summed E-state index contributed by atoms with van der Waals surface area (Å²) < 4.78 is 6.03. The molecule has 2 fully saturated rings. The lowest BCUT2D eigenvalue weighted by Crippen LogP contribution is -2.40. The summed E-state index contributed by atoms with van der Waals surface area (Å²) in [4.78, 5) is 3.25. The van der Waals surface area contributed by atoms with Crippen molar-refractivity contribution in [1.29, 1.82) is 0 Å². The number of likely N-dealkylation sites (tertiary alicyclic amines) is 1. The normalized spacial score (nSPS) is 37.0. The first-order chi connectivity index (χ1) is 7.05. The fraction of sp³-hybridized carbons (Fsp3) is 1.00. The molecule has 0 N–H and O–H groups in total. The number of alkyl halides is 1. The number of hydrogen-bond acceptors (Lipinski definition) is 2. The van der Waals surface area contributed by atoms with Gasteiger partial charge >= 0.3 is 0 Å². The lowest BCUT2D eigenvalue weighted by Gasteiger charge is -2.32. The van der Waals surface area contributed by atoms with Gasteiger partial charge in [-0.25, -0.2) is 0 Å². The van der Waals surface area contributed by atoms with Gasteiger partial charge in [0.25, 0.3) is 0 Å². The van der Waals surface area contributed by atoms with Crippen LogP contribution in [-0.2, 0) is 4.74 Å². The van der Waals surface area contributed by atoms with E-state index >= 15 is 0 Å². The van der Waals surface area contributed by atoms with E-state index < -0.39 is 0 Å². The van der Waals surface area contributed by atoms with Gasteiger partial charge in [0.2, 0.25) is 0 Å². The Labute approximate surface area is 101 Å². The number of ether oxygens (including phenoxy) is 1. The molecular weight excluding hydrogens is 254 g/mol. The van der Waals surface area contributed by atoms with Crippen LogP contribution in [0.15, 0.2) is 0 Å². The second-order valence-corrected chi connectivity index (χ2v) is 6.83. The third-order valence-electron chi connectivity index (χ3n) is 3.46. The zero-order valence-corrected chi connectivity index (χ0v) is 11.4. The molecule has 0 aromatic carbocycles. The Morgan fingerprint density at radius 2 is 2.20 bits per heavy atom. The Morgan fingerprint density at radius 3 is 2.80 bits per heavy atom. The Bertz CT molecular complexity index is 220. The number of nitrogens with zero attached hydrogens (tertiary/aromatic N) is 1. The Kier molecular flexibility index (Phi) is 3.74. The van der Waals surface area contributed by atoms with E-state index in [9.17, 15) is 0 Å². The summed E-state index contributed by atoms with van der Waals surface area (Å²) in [5.74, 6) is 0. The quantitative estimate of drug-likeness (QED) is 0.719. The lowest BCUT2D eigenvalue weighted by molar-refractivity contribution is -0.0300. The molecule has 88 valence electrons. The highest BCUT2D eigenvalue weighted by molar-refractivity contribution is 9.09. The number of piperidine rings is 1. The fourth-order valence-corrected chi connectivity index (χ4v) is 3.39. The molecular formula is C12H22BrNO.